The Balaban J connectivity index is 2.72. The third-order valence-corrected chi connectivity index (χ3v) is 2.57. The minimum atomic E-state index is 0.114. The lowest BCUT2D eigenvalue weighted by atomic mass is 10.4. The van der Waals surface area contributed by atoms with E-state index in [9.17, 15) is 4.79 Å². The number of thioether (sulfide) groups is 1. The monoisotopic (exact) mass is 182 g/mol. The first-order chi connectivity index (χ1) is 5.79. The maximum atomic E-state index is 11.2. The molecule has 0 saturated carbocycles. The van der Waals surface area contributed by atoms with Crippen molar-refractivity contribution in [3.8, 4) is 6.07 Å². The van der Waals surface area contributed by atoms with E-state index >= 15 is 0 Å². The molecule has 1 saturated heterocycles. The molecular formula is C8H10N2OS. The van der Waals surface area contributed by atoms with Crippen LogP contribution in [-0.4, -0.2) is 23.1 Å². The van der Waals surface area contributed by atoms with Crippen molar-refractivity contribution in [2.24, 2.45) is 0 Å². The van der Waals surface area contributed by atoms with E-state index in [0.717, 1.165) is 18.0 Å². The fourth-order valence-electron chi connectivity index (χ4n) is 1.05. The highest BCUT2D eigenvalue weighted by Gasteiger charge is 2.25. The summed E-state index contributed by atoms with van der Waals surface area (Å²) in [6.45, 7) is 2.74. The second-order valence-electron chi connectivity index (χ2n) is 2.45. The van der Waals surface area contributed by atoms with Crippen molar-refractivity contribution in [2.75, 3.05) is 12.3 Å². The first-order valence-electron chi connectivity index (χ1n) is 3.82. The Kier molecular flexibility index (Phi) is 3.18. The highest BCUT2D eigenvalue weighted by Crippen LogP contribution is 2.28. The van der Waals surface area contributed by atoms with Crippen molar-refractivity contribution in [3.05, 3.63) is 11.1 Å². The highest BCUT2D eigenvalue weighted by atomic mass is 32.2. The topological polar surface area (TPSA) is 44.1 Å². The molecular weight excluding hydrogens is 172 g/mol. The van der Waals surface area contributed by atoms with Gasteiger partial charge in [-0.25, -0.2) is 0 Å². The molecule has 0 aromatic carbocycles. The lowest BCUT2D eigenvalue weighted by Gasteiger charge is -2.14. The van der Waals surface area contributed by atoms with E-state index in [0.29, 0.717) is 5.75 Å². The third kappa shape index (κ3) is 1.80. The molecule has 3 nitrogen and oxygen atoms in total. The first kappa shape index (κ1) is 9.14. The summed E-state index contributed by atoms with van der Waals surface area (Å²) < 4.78 is 0. The van der Waals surface area contributed by atoms with Gasteiger partial charge in [0.15, 0.2) is 0 Å². The van der Waals surface area contributed by atoms with E-state index in [1.807, 2.05) is 13.0 Å². The standard InChI is InChI=1S/C8H10N2OS/c1-2-5-10-7(11)6-12-8(10)3-4-9/h3H,2,5-6H2,1H3/b8-3+. The van der Waals surface area contributed by atoms with Crippen molar-refractivity contribution < 1.29 is 4.79 Å². The summed E-state index contributed by atoms with van der Waals surface area (Å²) in [5, 5.41) is 9.22. The van der Waals surface area contributed by atoms with Crippen molar-refractivity contribution >= 4 is 17.7 Å². The van der Waals surface area contributed by atoms with E-state index in [1.54, 1.807) is 4.90 Å². The summed E-state index contributed by atoms with van der Waals surface area (Å²) in [6.07, 6.45) is 2.36. The van der Waals surface area contributed by atoms with Gasteiger partial charge in [0.05, 0.1) is 16.9 Å². The van der Waals surface area contributed by atoms with Crippen LogP contribution in [0.2, 0.25) is 0 Å². The molecule has 1 amide bonds. The van der Waals surface area contributed by atoms with Gasteiger partial charge >= 0.3 is 0 Å². The van der Waals surface area contributed by atoms with Gasteiger partial charge in [-0.2, -0.15) is 5.26 Å². The first-order valence-corrected chi connectivity index (χ1v) is 4.81. The van der Waals surface area contributed by atoms with E-state index in [1.165, 1.54) is 17.8 Å². The molecule has 0 spiro atoms. The zero-order valence-electron chi connectivity index (χ0n) is 6.91. The molecule has 0 N–H and O–H groups in total. The molecule has 1 heterocycles. The quantitative estimate of drug-likeness (QED) is 0.605. The molecule has 0 aromatic heterocycles. The minimum absolute atomic E-state index is 0.114. The lowest BCUT2D eigenvalue weighted by Crippen LogP contribution is -2.25. The number of nitrogens with zero attached hydrogens (tertiary/aromatic N) is 2. The lowest BCUT2D eigenvalue weighted by molar-refractivity contribution is -0.125. The second-order valence-corrected chi connectivity index (χ2v) is 3.44. The van der Waals surface area contributed by atoms with Gasteiger partial charge in [0.25, 0.3) is 0 Å². The van der Waals surface area contributed by atoms with Crippen LogP contribution in [0.25, 0.3) is 0 Å². The molecule has 1 fully saturated rings. The number of hydrogen-bond acceptors (Lipinski definition) is 3. The van der Waals surface area contributed by atoms with Crippen molar-refractivity contribution in [1.29, 1.82) is 5.26 Å². The Morgan fingerprint density at radius 3 is 3.17 bits per heavy atom. The second kappa shape index (κ2) is 4.17. The summed E-state index contributed by atoms with van der Waals surface area (Å²) in [5.74, 6) is 0.594. The van der Waals surface area contributed by atoms with Gasteiger partial charge in [0.2, 0.25) is 5.91 Å². The predicted molar refractivity (Wildman–Crippen MR) is 48.2 cm³/mol. The predicted octanol–water partition coefficient (Wildman–Crippen LogP) is 1.34. The van der Waals surface area contributed by atoms with Crippen LogP contribution in [0.15, 0.2) is 11.1 Å². The number of rotatable bonds is 2. The Labute approximate surface area is 76.0 Å². The van der Waals surface area contributed by atoms with Gasteiger partial charge in [0, 0.05) is 12.6 Å². The van der Waals surface area contributed by atoms with Crippen LogP contribution in [0.4, 0.5) is 0 Å². The molecule has 1 aliphatic rings. The number of allylic oxidation sites excluding steroid dienone is 1. The zero-order chi connectivity index (χ0) is 8.97. The largest absolute Gasteiger partial charge is 0.305 e. The van der Waals surface area contributed by atoms with Crippen LogP contribution < -0.4 is 0 Å². The minimum Gasteiger partial charge on any atom is -0.305 e. The Hall–Kier alpha value is -0.950. The van der Waals surface area contributed by atoms with E-state index in [2.05, 4.69) is 0 Å². The van der Waals surface area contributed by atoms with Gasteiger partial charge in [-0.15, -0.1) is 0 Å². The summed E-state index contributed by atoms with van der Waals surface area (Å²) in [7, 11) is 0. The van der Waals surface area contributed by atoms with Crippen LogP contribution in [-0.2, 0) is 4.79 Å². The van der Waals surface area contributed by atoms with Gasteiger partial charge in [-0.3, -0.25) is 4.79 Å². The molecule has 0 atom stereocenters. The molecule has 0 aliphatic carbocycles. The summed E-state index contributed by atoms with van der Waals surface area (Å²) in [5.41, 5.74) is 0. The number of nitriles is 1. The van der Waals surface area contributed by atoms with Crippen molar-refractivity contribution in [2.45, 2.75) is 13.3 Å². The van der Waals surface area contributed by atoms with E-state index in [-0.39, 0.29) is 5.91 Å². The van der Waals surface area contributed by atoms with Crippen LogP contribution in [0.1, 0.15) is 13.3 Å². The normalized spacial score (nSPS) is 20.2. The molecule has 1 rings (SSSR count). The average molecular weight is 182 g/mol. The molecule has 0 radical (unpaired) electrons. The summed E-state index contributed by atoms with van der Waals surface area (Å²) in [4.78, 5) is 12.9. The molecule has 4 heteroatoms. The zero-order valence-corrected chi connectivity index (χ0v) is 7.73. The Morgan fingerprint density at radius 2 is 2.58 bits per heavy atom. The average Bonchev–Trinajstić information content (AvgIpc) is 2.37. The van der Waals surface area contributed by atoms with Gasteiger partial charge in [0.1, 0.15) is 0 Å². The molecule has 0 unspecified atom stereocenters. The van der Waals surface area contributed by atoms with Crippen LogP contribution >= 0.6 is 11.8 Å². The molecule has 1 aliphatic heterocycles. The SMILES string of the molecule is CCCN1C(=O)CS/C1=C/C#N. The molecule has 0 aromatic rings. The van der Waals surface area contributed by atoms with E-state index < -0.39 is 0 Å². The highest BCUT2D eigenvalue weighted by molar-refractivity contribution is 8.04. The third-order valence-electron chi connectivity index (χ3n) is 1.55. The van der Waals surface area contributed by atoms with E-state index in [4.69, 9.17) is 5.26 Å². The van der Waals surface area contributed by atoms with Crippen LogP contribution in [0.5, 0.6) is 0 Å². The molecule has 12 heavy (non-hydrogen) atoms. The summed E-state index contributed by atoms with van der Waals surface area (Å²) >= 11 is 1.44. The van der Waals surface area contributed by atoms with Gasteiger partial charge in [-0.05, 0) is 6.42 Å². The summed E-state index contributed by atoms with van der Waals surface area (Å²) in [6, 6.07) is 1.94. The Morgan fingerprint density at radius 1 is 1.83 bits per heavy atom. The van der Waals surface area contributed by atoms with Crippen LogP contribution in [0.3, 0.4) is 0 Å². The Bertz CT molecular complexity index is 254. The maximum Gasteiger partial charge on any atom is 0.237 e. The number of carbonyl (C=O) groups is 1. The fourth-order valence-corrected chi connectivity index (χ4v) is 1.96. The number of amides is 1. The molecule has 64 valence electrons. The number of hydrogen-bond donors (Lipinski definition) is 0. The van der Waals surface area contributed by atoms with Crippen molar-refractivity contribution in [3.63, 3.8) is 0 Å². The van der Waals surface area contributed by atoms with Crippen LogP contribution in [0, 0.1) is 11.3 Å². The maximum absolute atomic E-state index is 11.2. The number of carbonyl (C=O) groups excluding carboxylic acids is 1. The van der Waals surface area contributed by atoms with Gasteiger partial charge in [-0.1, -0.05) is 18.7 Å². The smallest absolute Gasteiger partial charge is 0.237 e. The fraction of sp³-hybridized carbons (Fsp3) is 0.500. The van der Waals surface area contributed by atoms with Gasteiger partial charge < -0.3 is 4.90 Å². The molecule has 0 bridgehead atoms. The van der Waals surface area contributed by atoms with Crippen molar-refractivity contribution in [1.82, 2.24) is 4.90 Å².